The highest BCUT2D eigenvalue weighted by molar-refractivity contribution is 5.93. The van der Waals surface area contributed by atoms with Crippen LogP contribution in [0.4, 0.5) is 0 Å². The quantitative estimate of drug-likeness (QED) is 0.824. The van der Waals surface area contributed by atoms with E-state index in [9.17, 15) is 9.59 Å². The molecule has 0 saturated heterocycles. The van der Waals surface area contributed by atoms with Gasteiger partial charge < -0.3 is 14.4 Å². The summed E-state index contributed by atoms with van der Waals surface area (Å²) in [5.74, 6) is -1.08. The summed E-state index contributed by atoms with van der Waals surface area (Å²) in [6.45, 7) is 7.36. The van der Waals surface area contributed by atoms with Gasteiger partial charge in [-0.05, 0) is 25.0 Å². The molecular formula is C14H21NO4. The summed E-state index contributed by atoms with van der Waals surface area (Å²) in [6.07, 6.45) is 2.03. The molecule has 0 aromatic carbocycles. The monoisotopic (exact) mass is 267 g/mol. The second-order valence-electron chi connectivity index (χ2n) is 4.50. The van der Waals surface area contributed by atoms with E-state index in [0.717, 1.165) is 12.8 Å². The predicted octanol–water partition coefficient (Wildman–Crippen LogP) is 2.88. The van der Waals surface area contributed by atoms with Crippen molar-refractivity contribution >= 4 is 11.9 Å². The highest BCUT2D eigenvalue weighted by Crippen LogP contribution is 2.15. The van der Waals surface area contributed by atoms with Crippen LogP contribution in [0.15, 0.2) is 16.5 Å². The molecule has 0 unspecified atom stereocenters. The first-order valence-corrected chi connectivity index (χ1v) is 6.65. The minimum atomic E-state index is -1.16. The van der Waals surface area contributed by atoms with Gasteiger partial charge in [0.15, 0.2) is 5.76 Å². The lowest BCUT2D eigenvalue weighted by Crippen LogP contribution is -2.34. The molecule has 19 heavy (non-hydrogen) atoms. The highest BCUT2D eigenvalue weighted by atomic mass is 16.4. The first-order chi connectivity index (χ1) is 9.03. The molecule has 1 heterocycles. The summed E-state index contributed by atoms with van der Waals surface area (Å²) in [7, 11) is 0. The molecule has 0 atom stereocenters. The van der Waals surface area contributed by atoms with Gasteiger partial charge in [-0.25, -0.2) is 4.79 Å². The molecule has 0 aliphatic heterocycles. The molecule has 1 amide bonds. The maximum absolute atomic E-state index is 12.2. The SMILES string of the molecule is CCC(CC)CN(CC)C(=O)c1ccc(C(=O)O)o1. The van der Waals surface area contributed by atoms with Crippen molar-refractivity contribution in [3.05, 3.63) is 23.7 Å². The second kappa shape index (κ2) is 6.97. The Bertz CT molecular complexity index is 434. The van der Waals surface area contributed by atoms with Gasteiger partial charge in [-0.3, -0.25) is 4.79 Å². The van der Waals surface area contributed by atoms with Crippen LogP contribution in [0, 0.1) is 5.92 Å². The van der Waals surface area contributed by atoms with Gasteiger partial charge in [0.2, 0.25) is 5.76 Å². The summed E-state index contributed by atoms with van der Waals surface area (Å²) in [5, 5.41) is 8.78. The molecule has 1 aromatic heterocycles. The van der Waals surface area contributed by atoms with E-state index in [1.807, 2.05) is 6.92 Å². The smallest absolute Gasteiger partial charge is 0.371 e. The highest BCUT2D eigenvalue weighted by Gasteiger charge is 2.21. The fourth-order valence-electron chi connectivity index (χ4n) is 1.94. The van der Waals surface area contributed by atoms with Crippen LogP contribution >= 0.6 is 0 Å². The van der Waals surface area contributed by atoms with Gasteiger partial charge >= 0.3 is 5.97 Å². The number of furan rings is 1. The molecule has 1 N–H and O–H groups in total. The largest absolute Gasteiger partial charge is 0.475 e. The molecule has 0 aliphatic rings. The average molecular weight is 267 g/mol. The molecule has 0 aliphatic carbocycles. The number of aromatic carboxylic acids is 1. The van der Waals surface area contributed by atoms with Crippen molar-refractivity contribution < 1.29 is 19.1 Å². The average Bonchev–Trinajstić information content (AvgIpc) is 2.89. The Morgan fingerprint density at radius 3 is 2.21 bits per heavy atom. The molecule has 1 aromatic rings. The van der Waals surface area contributed by atoms with Gasteiger partial charge in [0.1, 0.15) is 0 Å². The maximum atomic E-state index is 12.2. The lowest BCUT2D eigenvalue weighted by molar-refractivity contribution is 0.0645. The summed E-state index contributed by atoms with van der Waals surface area (Å²) in [6, 6.07) is 2.72. The van der Waals surface area contributed by atoms with Crippen molar-refractivity contribution in [1.29, 1.82) is 0 Å². The van der Waals surface area contributed by atoms with E-state index in [-0.39, 0.29) is 17.4 Å². The van der Waals surface area contributed by atoms with Crippen LogP contribution in [0.2, 0.25) is 0 Å². The van der Waals surface area contributed by atoms with Gasteiger partial charge in [0, 0.05) is 13.1 Å². The molecule has 0 spiro atoms. The molecule has 1 rings (SSSR count). The number of nitrogens with zero attached hydrogens (tertiary/aromatic N) is 1. The number of carboxylic acids is 1. The zero-order valence-electron chi connectivity index (χ0n) is 11.7. The first-order valence-electron chi connectivity index (χ1n) is 6.65. The second-order valence-corrected chi connectivity index (χ2v) is 4.50. The number of carbonyl (C=O) groups excluding carboxylic acids is 1. The Morgan fingerprint density at radius 1 is 1.21 bits per heavy atom. The third kappa shape index (κ3) is 3.84. The molecule has 0 fully saturated rings. The molecule has 5 nitrogen and oxygen atoms in total. The minimum absolute atomic E-state index is 0.0882. The van der Waals surface area contributed by atoms with Gasteiger partial charge in [-0.2, -0.15) is 0 Å². The fourth-order valence-corrected chi connectivity index (χ4v) is 1.94. The van der Waals surface area contributed by atoms with Crippen LogP contribution in [0.25, 0.3) is 0 Å². The van der Waals surface area contributed by atoms with Crippen LogP contribution in [0.3, 0.4) is 0 Å². The molecule has 5 heteroatoms. The Morgan fingerprint density at radius 2 is 1.79 bits per heavy atom. The van der Waals surface area contributed by atoms with E-state index in [0.29, 0.717) is 19.0 Å². The number of rotatable bonds is 7. The number of carboxylic acid groups (broad SMARTS) is 1. The van der Waals surface area contributed by atoms with E-state index >= 15 is 0 Å². The summed E-state index contributed by atoms with van der Waals surface area (Å²) < 4.78 is 5.05. The minimum Gasteiger partial charge on any atom is -0.475 e. The zero-order chi connectivity index (χ0) is 14.4. The van der Waals surface area contributed by atoms with Gasteiger partial charge in [0.05, 0.1) is 0 Å². The van der Waals surface area contributed by atoms with E-state index in [2.05, 4.69) is 13.8 Å². The van der Waals surface area contributed by atoms with Crippen LogP contribution < -0.4 is 0 Å². The number of hydrogen-bond acceptors (Lipinski definition) is 3. The van der Waals surface area contributed by atoms with E-state index in [1.165, 1.54) is 12.1 Å². The summed E-state index contributed by atoms with van der Waals surface area (Å²) in [4.78, 5) is 24.6. The van der Waals surface area contributed by atoms with E-state index < -0.39 is 5.97 Å². The van der Waals surface area contributed by atoms with Crippen LogP contribution in [-0.4, -0.2) is 35.0 Å². The van der Waals surface area contributed by atoms with E-state index in [4.69, 9.17) is 9.52 Å². The maximum Gasteiger partial charge on any atom is 0.371 e. The normalized spacial score (nSPS) is 10.7. The molecule has 106 valence electrons. The lowest BCUT2D eigenvalue weighted by Gasteiger charge is -2.24. The summed E-state index contributed by atoms with van der Waals surface area (Å²) >= 11 is 0. The molecule has 0 saturated carbocycles. The van der Waals surface area contributed by atoms with Crippen molar-refractivity contribution in [2.24, 2.45) is 5.92 Å². The topological polar surface area (TPSA) is 70.8 Å². The standard InChI is InChI=1S/C14H21NO4/c1-4-10(5-2)9-15(6-3)13(16)11-7-8-12(19-11)14(17)18/h7-8,10H,4-6,9H2,1-3H3,(H,17,18). The van der Waals surface area contributed by atoms with Crippen molar-refractivity contribution in [3.63, 3.8) is 0 Å². The third-order valence-electron chi connectivity index (χ3n) is 3.33. The van der Waals surface area contributed by atoms with Crippen molar-refractivity contribution in [2.75, 3.05) is 13.1 Å². The number of carbonyl (C=O) groups is 2. The van der Waals surface area contributed by atoms with Crippen LogP contribution in [0.1, 0.15) is 54.7 Å². The number of hydrogen-bond donors (Lipinski definition) is 1. The first kappa shape index (κ1) is 15.3. The third-order valence-corrected chi connectivity index (χ3v) is 3.33. The Balaban J connectivity index is 2.79. The molecule has 0 radical (unpaired) electrons. The van der Waals surface area contributed by atoms with Gasteiger partial charge in [-0.1, -0.05) is 26.7 Å². The summed E-state index contributed by atoms with van der Waals surface area (Å²) in [5.41, 5.74) is 0. The zero-order valence-corrected chi connectivity index (χ0v) is 11.7. The lowest BCUT2D eigenvalue weighted by atomic mass is 10.0. The van der Waals surface area contributed by atoms with Gasteiger partial charge in [0.25, 0.3) is 5.91 Å². The van der Waals surface area contributed by atoms with Gasteiger partial charge in [-0.15, -0.1) is 0 Å². The van der Waals surface area contributed by atoms with Crippen LogP contribution in [-0.2, 0) is 0 Å². The Labute approximate surface area is 113 Å². The number of amides is 1. The van der Waals surface area contributed by atoms with Crippen molar-refractivity contribution in [3.8, 4) is 0 Å². The Kier molecular flexibility index (Phi) is 5.60. The molecule has 0 bridgehead atoms. The fraction of sp³-hybridized carbons (Fsp3) is 0.571. The van der Waals surface area contributed by atoms with Crippen molar-refractivity contribution in [1.82, 2.24) is 4.90 Å². The van der Waals surface area contributed by atoms with E-state index in [1.54, 1.807) is 4.90 Å². The molecular weight excluding hydrogens is 246 g/mol. The predicted molar refractivity (Wildman–Crippen MR) is 71.3 cm³/mol. The Hall–Kier alpha value is -1.78. The van der Waals surface area contributed by atoms with Crippen LogP contribution in [0.5, 0.6) is 0 Å². The van der Waals surface area contributed by atoms with Crippen molar-refractivity contribution in [2.45, 2.75) is 33.6 Å².